The van der Waals surface area contributed by atoms with Crippen LogP contribution in [0.3, 0.4) is 0 Å². The van der Waals surface area contributed by atoms with Crippen LogP contribution in [0, 0.1) is 6.92 Å². The number of para-hydroxylation sites is 1. The standard InChI is InChI=1S/C18H23NO2/c1-4-19(12-13-21-16-8-6-5-7-9-16)17-14-15(2)10-11-18(17)20-3/h5-11,14H,4,12-13H2,1-3H3. The Balaban J connectivity index is 2.01. The van der Waals surface area contributed by atoms with Crippen molar-refractivity contribution in [2.24, 2.45) is 0 Å². The molecule has 0 amide bonds. The first-order valence-electron chi connectivity index (χ1n) is 7.32. The Morgan fingerprint density at radius 1 is 1.05 bits per heavy atom. The smallest absolute Gasteiger partial charge is 0.142 e. The minimum absolute atomic E-state index is 0.648. The molecule has 0 N–H and O–H groups in total. The van der Waals surface area contributed by atoms with Crippen LogP contribution in [0.5, 0.6) is 11.5 Å². The van der Waals surface area contributed by atoms with E-state index in [4.69, 9.17) is 9.47 Å². The van der Waals surface area contributed by atoms with Crippen LogP contribution in [0.25, 0.3) is 0 Å². The number of hydrogen-bond acceptors (Lipinski definition) is 3. The van der Waals surface area contributed by atoms with Crippen molar-refractivity contribution in [2.75, 3.05) is 31.7 Å². The molecule has 112 valence electrons. The van der Waals surface area contributed by atoms with Gasteiger partial charge in [0.15, 0.2) is 0 Å². The fourth-order valence-corrected chi connectivity index (χ4v) is 2.29. The number of benzene rings is 2. The molecule has 0 aromatic heterocycles. The fraction of sp³-hybridized carbons (Fsp3) is 0.333. The first-order chi connectivity index (χ1) is 10.2. The highest BCUT2D eigenvalue weighted by atomic mass is 16.5. The van der Waals surface area contributed by atoms with Gasteiger partial charge in [-0.2, -0.15) is 0 Å². The lowest BCUT2D eigenvalue weighted by molar-refractivity contribution is 0.323. The molecule has 3 nitrogen and oxygen atoms in total. The molecule has 21 heavy (non-hydrogen) atoms. The zero-order chi connectivity index (χ0) is 15.1. The van der Waals surface area contributed by atoms with E-state index in [0.29, 0.717) is 6.61 Å². The summed E-state index contributed by atoms with van der Waals surface area (Å²) in [4.78, 5) is 2.27. The fourth-order valence-electron chi connectivity index (χ4n) is 2.29. The van der Waals surface area contributed by atoms with E-state index in [1.165, 1.54) is 5.56 Å². The molecule has 0 aliphatic heterocycles. The molecule has 0 bridgehead atoms. The lowest BCUT2D eigenvalue weighted by atomic mass is 10.2. The molecule has 0 saturated carbocycles. The van der Waals surface area contributed by atoms with E-state index >= 15 is 0 Å². The van der Waals surface area contributed by atoms with Crippen molar-refractivity contribution in [3.8, 4) is 11.5 Å². The Hall–Kier alpha value is -2.16. The maximum atomic E-state index is 5.78. The molecule has 0 saturated heterocycles. The summed E-state index contributed by atoms with van der Waals surface area (Å²) in [7, 11) is 1.71. The van der Waals surface area contributed by atoms with E-state index in [1.54, 1.807) is 7.11 Å². The van der Waals surface area contributed by atoms with Gasteiger partial charge in [0.25, 0.3) is 0 Å². The van der Waals surface area contributed by atoms with Gasteiger partial charge in [0.2, 0.25) is 0 Å². The lowest BCUT2D eigenvalue weighted by Crippen LogP contribution is -2.28. The minimum Gasteiger partial charge on any atom is -0.495 e. The Labute approximate surface area is 127 Å². The Morgan fingerprint density at radius 3 is 2.48 bits per heavy atom. The van der Waals surface area contributed by atoms with Crippen LogP contribution >= 0.6 is 0 Å². The predicted octanol–water partition coefficient (Wildman–Crippen LogP) is 3.91. The van der Waals surface area contributed by atoms with Gasteiger partial charge < -0.3 is 14.4 Å². The van der Waals surface area contributed by atoms with Gasteiger partial charge in [-0.1, -0.05) is 24.3 Å². The largest absolute Gasteiger partial charge is 0.495 e. The normalized spacial score (nSPS) is 10.2. The van der Waals surface area contributed by atoms with Gasteiger partial charge in [0.1, 0.15) is 18.1 Å². The zero-order valence-corrected chi connectivity index (χ0v) is 13.0. The van der Waals surface area contributed by atoms with Crippen molar-refractivity contribution in [1.82, 2.24) is 0 Å². The third-order valence-electron chi connectivity index (χ3n) is 3.43. The van der Waals surface area contributed by atoms with Crippen molar-refractivity contribution >= 4 is 5.69 Å². The number of likely N-dealkylation sites (N-methyl/N-ethyl adjacent to an activating group) is 1. The summed E-state index contributed by atoms with van der Waals surface area (Å²) in [6.45, 7) is 6.62. The van der Waals surface area contributed by atoms with Crippen LogP contribution in [-0.4, -0.2) is 26.8 Å². The van der Waals surface area contributed by atoms with Crippen molar-refractivity contribution in [3.63, 3.8) is 0 Å². The average molecular weight is 285 g/mol. The first kappa shape index (κ1) is 15.2. The highest BCUT2D eigenvalue weighted by Crippen LogP contribution is 2.29. The van der Waals surface area contributed by atoms with Gasteiger partial charge in [-0.15, -0.1) is 0 Å². The molecule has 0 fully saturated rings. The second kappa shape index (κ2) is 7.58. The van der Waals surface area contributed by atoms with Gasteiger partial charge in [-0.05, 0) is 43.7 Å². The van der Waals surface area contributed by atoms with Crippen LogP contribution in [0.1, 0.15) is 12.5 Å². The lowest BCUT2D eigenvalue weighted by Gasteiger charge is -2.25. The quantitative estimate of drug-likeness (QED) is 0.770. The Morgan fingerprint density at radius 2 is 1.81 bits per heavy atom. The number of nitrogens with zero attached hydrogens (tertiary/aromatic N) is 1. The van der Waals surface area contributed by atoms with Crippen molar-refractivity contribution in [2.45, 2.75) is 13.8 Å². The molecule has 0 unspecified atom stereocenters. The van der Waals surface area contributed by atoms with Gasteiger partial charge in [-0.3, -0.25) is 0 Å². The number of ether oxygens (including phenoxy) is 2. The molecule has 0 radical (unpaired) electrons. The summed E-state index contributed by atoms with van der Waals surface area (Å²) in [6, 6.07) is 16.1. The molecule has 2 aromatic rings. The van der Waals surface area contributed by atoms with Crippen LogP contribution in [-0.2, 0) is 0 Å². The molecule has 0 spiro atoms. The molecule has 0 atom stereocenters. The zero-order valence-electron chi connectivity index (χ0n) is 13.0. The molecule has 2 rings (SSSR count). The maximum absolute atomic E-state index is 5.78. The van der Waals surface area contributed by atoms with E-state index in [0.717, 1.165) is 30.3 Å². The van der Waals surface area contributed by atoms with Crippen LogP contribution in [0.2, 0.25) is 0 Å². The molecule has 0 aliphatic carbocycles. The van der Waals surface area contributed by atoms with Crippen LogP contribution in [0.4, 0.5) is 5.69 Å². The molecular weight excluding hydrogens is 262 g/mol. The summed E-state index contributed by atoms with van der Waals surface area (Å²) in [6.07, 6.45) is 0. The van der Waals surface area contributed by atoms with E-state index < -0.39 is 0 Å². The topological polar surface area (TPSA) is 21.7 Å². The number of methoxy groups -OCH3 is 1. The summed E-state index contributed by atoms with van der Waals surface area (Å²) < 4.78 is 11.2. The highest BCUT2D eigenvalue weighted by molar-refractivity contribution is 5.60. The number of anilines is 1. The number of aryl methyl sites for hydroxylation is 1. The Bertz CT molecular complexity index is 554. The van der Waals surface area contributed by atoms with Gasteiger partial charge in [0.05, 0.1) is 19.3 Å². The van der Waals surface area contributed by atoms with Gasteiger partial charge >= 0.3 is 0 Å². The van der Waals surface area contributed by atoms with E-state index in [2.05, 4.69) is 30.9 Å². The summed E-state index contributed by atoms with van der Waals surface area (Å²) >= 11 is 0. The second-order valence-electron chi connectivity index (χ2n) is 4.92. The summed E-state index contributed by atoms with van der Waals surface area (Å²) in [5.74, 6) is 1.81. The molecule has 0 aliphatic rings. The third-order valence-corrected chi connectivity index (χ3v) is 3.43. The van der Waals surface area contributed by atoms with Crippen molar-refractivity contribution in [1.29, 1.82) is 0 Å². The first-order valence-corrected chi connectivity index (χ1v) is 7.32. The molecule has 0 heterocycles. The van der Waals surface area contributed by atoms with Crippen molar-refractivity contribution < 1.29 is 9.47 Å². The number of rotatable bonds is 7. The molecule has 2 aromatic carbocycles. The van der Waals surface area contributed by atoms with Crippen molar-refractivity contribution in [3.05, 3.63) is 54.1 Å². The monoisotopic (exact) mass is 285 g/mol. The average Bonchev–Trinajstić information content (AvgIpc) is 2.52. The third kappa shape index (κ3) is 4.15. The SMILES string of the molecule is CCN(CCOc1ccccc1)c1cc(C)ccc1OC. The van der Waals surface area contributed by atoms with E-state index in [-0.39, 0.29) is 0 Å². The van der Waals surface area contributed by atoms with E-state index in [9.17, 15) is 0 Å². The minimum atomic E-state index is 0.648. The van der Waals surface area contributed by atoms with Gasteiger partial charge in [-0.25, -0.2) is 0 Å². The van der Waals surface area contributed by atoms with Crippen LogP contribution < -0.4 is 14.4 Å². The molecule has 3 heteroatoms. The maximum Gasteiger partial charge on any atom is 0.142 e. The van der Waals surface area contributed by atoms with E-state index in [1.807, 2.05) is 36.4 Å². The second-order valence-corrected chi connectivity index (χ2v) is 4.92. The Kier molecular flexibility index (Phi) is 5.50. The highest BCUT2D eigenvalue weighted by Gasteiger charge is 2.10. The predicted molar refractivity (Wildman–Crippen MR) is 87.6 cm³/mol. The summed E-state index contributed by atoms with van der Waals surface area (Å²) in [5, 5.41) is 0. The molecular formula is C18H23NO2. The van der Waals surface area contributed by atoms with Gasteiger partial charge in [0, 0.05) is 6.54 Å². The summed E-state index contributed by atoms with van der Waals surface area (Å²) in [5.41, 5.74) is 2.35. The van der Waals surface area contributed by atoms with Crippen LogP contribution in [0.15, 0.2) is 48.5 Å². The number of hydrogen-bond donors (Lipinski definition) is 0.